The summed E-state index contributed by atoms with van der Waals surface area (Å²) in [5.41, 5.74) is 9.19. The quantitative estimate of drug-likeness (QED) is 0.244. The molecule has 10 nitrogen and oxygen atoms in total. The molecular formula is C26H47N7O3. The zero-order valence-corrected chi connectivity index (χ0v) is 21.7. The molecule has 7 atom stereocenters. The van der Waals surface area contributed by atoms with E-state index < -0.39 is 0 Å². The predicted octanol–water partition coefficient (Wildman–Crippen LogP) is 1.06. The van der Waals surface area contributed by atoms with Crippen molar-refractivity contribution in [2.75, 3.05) is 26.2 Å². The van der Waals surface area contributed by atoms with Gasteiger partial charge in [-0.15, -0.1) is 0 Å². The number of nitrogens with zero attached hydrogens (tertiary/aromatic N) is 1. The number of nitrogens with one attached hydrogen (secondary N) is 6. The number of hydrogen-bond acceptors (Lipinski definition) is 8. The van der Waals surface area contributed by atoms with Crippen LogP contribution in [0.15, 0.2) is 0 Å². The summed E-state index contributed by atoms with van der Waals surface area (Å²) < 4.78 is 0. The fraction of sp³-hybridized carbons (Fsp3) is 0.923. The molecule has 3 heterocycles. The van der Waals surface area contributed by atoms with E-state index in [4.69, 9.17) is 4.84 Å². The van der Waals surface area contributed by atoms with Crippen LogP contribution in [0.2, 0.25) is 0 Å². The zero-order valence-electron chi connectivity index (χ0n) is 21.7. The minimum atomic E-state index is -0.106. The molecule has 5 aliphatic rings. The summed E-state index contributed by atoms with van der Waals surface area (Å²) in [4.78, 5) is 32.9. The van der Waals surface area contributed by atoms with E-state index >= 15 is 0 Å². The van der Waals surface area contributed by atoms with Gasteiger partial charge < -0.3 is 15.5 Å². The molecule has 0 aromatic rings. The lowest BCUT2D eigenvalue weighted by atomic mass is 9.76. The SMILES string of the molecule is O=C(CCC1NC(C2CCCC(N3CCCC3)C2)NO1)NCCCNC1NNC(=O)C2CCCCC12. The Morgan fingerprint density at radius 1 is 1.03 bits per heavy atom. The first-order chi connectivity index (χ1) is 17.7. The number of hydrazine groups is 1. The van der Waals surface area contributed by atoms with Crippen LogP contribution in [0.5, 0.6) is 0 Å². The van der Waals surface area contributed by atoms with E-state index in [1.165, 1.54) is 58.0 Å². The predicted molar refractivity (Wildman–Crippen MR) is 137 cm³/mol. The second kappa shape index (κ2) is 13.0. The molecule has 2 aliphatic carbocycles. The topological polar surface area (TPSA) is 119 Å². The molecule has 2 amide bonds. The highest BCUT2D eigenvalue weighted by atomic mass is 16.7. The van der Waals surface area contributed by atoms with E-state index in [0.29, 0.717) is 31.2 Å². The standard InChI is InChI=1S/C26H47N7O3/c34-22(27-13-6-14-28-25-20-9-1-2-10-21(20)26(35)31-30-25)11-12-23-29-24(32-36-23)18-7-5-8-19(17-18)33-15-3-4-16-33/h18-21,23-25,28-30,32H,1-17H2,(H,27,34)(H,31,35). The molecule has 0 radical (unpaired) electrons. The van der Waals surface area contributed by atoms with Gasteiger partial charge in [0.25, 0.3) is 0 Å². The number of carbonyl (C=O) groups is 2. The van der Waals surface area contributed by atoms with Crippen LogP contribution in [0.3, 0.4) is 0 Å². The number of carbonyl (C=O) groups excluding carboxylic acids is 2. The molecular weight excluding hydrogens is 458 g/mol. The first-order valence-electron chi connectivity index (χ1n) is 14.6. The van der Waals surface area contributed by atoms with Crippen LogP contribution < -0.4 is 32.3 Å². The maximum absolute atomic E-state index is 12.4. The molecule has 7 unspecified atom stereocenters. The van der Waals surface area contributed by atoms with Crippen LogP contribution in [-0.4, -0.2) is 67.5 Å². The van der Waals surface area contributed by atoms with Gasteiger partial charge in [0.05, 0.1) is 12.3 Å². The van der Waals surface area contributed by atoms with Gasteiger partial charge in [-0.25, -0.2) is 5.43 Å². The molecule has 5 rings (SSSR count). The van der Waals surface area contributed by atoms with Crippen LogP contribution in [0.1, 0.15) is 83.5 Å². The summed E-state index contributed by atoms with van der Waals surface area (Å²) in [6, 6.07) is 0.728. The first kappa shape index (κ1) is 26.3. The van der Waals surface area contributed by atoms with Crippen molar-refractivity contribution in [1.29, 1.82) is 0 Å². The zero-order chi connectivity index (χ0) is 24.7. The maximum atomic E-state index is 12.4. The van der Waals surface area contributed by atoms with Gasteiger partial charge in [0.2, 0.25) is 11.8 Å². The van der Waals surface area contributed by atoms with Crippen molar-refractivity contribution in [2.24, 2.45) is 17.8 Å². The molecule has 0 spiro atoms. The van der Waals surface area contributed by atoms with Crippen LogP contribution in [0, 0.1) is 17.8 Å². The Hall–Kier alpha value is -1.30. The van der Waals surface area contributed by atoms with E-state index in [1.807, 2.05) is 0 Å². The summed E-state index contributed by atoms with van der Waals surface area (Å²) >= 11 is 0. The lowest BCUT2D eigenvalue weighted by Gasteiger charge is -2.41. The average molecular weight is 506 g/mol. The number of rotatable bonds is 10. The fourth-order valence-corrected chi connectivity index (χ4v) is 7.10. The molecule has 3 saturated heterocycles. The van der Waals surface area contributed by atoms with E-state index in [-0.39, 0.29) is 36.3 Å². The summed E-state index contributed by atoms with van der Waals surface area (Å²) in [7, 11) is 0. The van der Waals surface area contributed by atoms with Gasteiger partial charge in [-0.05, 0) is 83.3 Å². The number of amides is 2. The maximum Gasteiger partial charge on any atom is 0.237 e. The Morgan fingerprint density at radius 3 is 2.78 bits per heavy atom. The van der Waals surface area contributed by atoms with Gasteiger partial charge >= 0.3 is 0 Å². The summed E-state index contributed by atoms with van der Waals surface area (Å²) in [6.45, 7) is 3.99. The molecule has 0 aromatic carbocycles. The van der Waals surface area contributed by atoms with Crippen molar-refractivity contribution in [3.05, 3.63) is 0 Å². The van der Waals surface area contributed by atoms with Crippen molar-refractivity contribution < 1.29 is 14.4 Å². The Kier molecular flexibility index (Phi) is 9.48. The van der Waals surface area contributed by atoms with Crippen molar-refractivity contribution in [3.63, 3.8) is 0 Å². The van der Waals surface area contributed by atoms with Crippen molar-refractivity contribution in [2.45, 2.75) is 108 Å². The van der Waals surface area contributed by atoms with Crippen molar-refractivity contribution in [1.82, 2.24) is 37.2 Å². The Balaban J connectivity index is 0.928. The summed E-state index contributed by atoms with van der Waals surface area (Å²) in [5.74, 6) is 1.29. The largest absolute Gasteiger partial charge is 0.356 e. The number of likely N-dealkylation sites (tertiary alicyclic amines) is 1. The number of hydrogen-bond donors (Lipinski definition) is 6. The molecule has 0 bridgehead atoms. The van der Waals surface area contributed by atoms with Crippen LogP contribution >= 0.6 is 0 Å². The normalized spacial score (nSPS) is 37.4. The van der Waals surface area contributed by atoms with Gasteiger partial charge in [0.1, 0.15) is 6.23 Å². The lowest BCUT2D eigenvalue weighted by Crippen LogP contribution is -2.64. The lowest BCUT2D eigenvalue weighted by molar-refractivity contribution is -0.134. The second-order valence-corrected chi connectivity index (χ2v) is 11.6. The van der Waals surface area contributed by atoms with Crippen LogP contribution in [-0.2, 0) is 14.4 Å². The molecule has 2 saturated carbocycles. The number of hydroxylamine groups is 1. The van der Waals surface area contributed by atoms with Gasteiger partial charge in [0, 0.05) is 30.8 Å². The highest BCUT2D eigenvalue weighted by Gasteiger charge is 2.40. The number of fused-ring (bicyclic) bond motifs is 1. The third-order valence-electron chi connectivity index (χ3n) is 9.13. The molecule has 10 heteroatoms. The highest BCUT2D eigenvalue weighted by molar-refractivity contribution is 5.79. The molecule has 0 aromatic heterocycles. The summed E-state index contributed by atoms with van der Waals surface area (Å²) in [6.07, 6.45) is 14.4. The molecule has 6 N–H and O–H groups in total. The first-order valence-corrected chi connectivity index (χ1v) is 14.6. The van der Waals surface area contributed by atoms with E-state index in [1.54, 1.807) is 0 Å². The van der Waals surface area contributed by atoms with Crippen molar-refractivity contribution in [3.8, 4) is 0 Å². The second-order valence-electron chi connectivity index (χ2n) is 11.6. The summed E-state index contributed by atoms with van der Waals surface area (Å²) in [5, 5.41) is 10.2. The monoisotopic (exact) mass is 505 g/mol. The van der Waals surface area contributed by atoms with Gasteiger partial charge in [-0.1, -0.05) is 19.3 Å². The Morgan fingerprint density at radius 2 is 1.89 bits per heavy atom. The third kappa shape index (κ3) is 6.76. The molecule has 5 fully saturated rings. The highest BCUT2D eigenvalue weighted by Crippen LogP contribution is 2.34. The molecule has 204 valence electrons. The molecule has 36 heavy (non-hydrogen) atoms. The minimum absolute atomic E-state index is 0.0750. The minimum Gasteiger partial charge on any atom is -0.356 e. The fourth-order valence-electron chi connectivity index (χ4n) is 7.10. The Labute approximate surface area is 215 Å². The smallest absolute Gasteiger partial charge is 0.237 e. The van der Waals surface area contributed by atoms with Crippen molar-refractivity contribution >= 4 is 11.8 Å². The third-order valence-corrected chi connectivity index (χ3v) is 9.13. The molecule has 3 aliphatic heterocycles. The van der Waals surface area contributed by atoms with E-state index in [0.717, 1.165) is 38.3 Å². The van der Waals surface area contributed by atoms with E-state index in [9.17, 15) is 9.59 Å². The van der Waals surface area contributed by atoms with Gasteiger partial charge in [-0.3, -0.25) is 25.2 Å². The average Bonchev–Trinajstić information content (AvgIpc) is 3.62. The van der Waals surface area contributed by atoms with E-state index in [2.05, 4.69) is 37.2 Å². The Bertz CT molecular complexity index is 734. The van der Waals surface area contributed by atoms with Crippen LogP contribution in [0.25, 0.3) is 0 Å². The van der Waals surface area contributed by atoms with Gasteiger partial charge in [0.15, 0.2) is 0 Å². The van der Waals surface area contributed by atoms with Gasteiger partial charge in [-0.2, -0.15) is 5.48 Å². The van der Waals surface area contributed by atoms with Crippen LogP contribution in [0.4, 0.5) is 0 Å².